The largest absolute Gasteiger partial charge is 0.390 e. The minimum Gasteiger partial charge on any atom is -0.390 e. The molecule has 1 aromatic carbocycles. The van der Waals surface area contributed by atoms with Gasteiger partial charge in [-0.2, -0.15) is 0 Å². The molecule has 18 heavy (non-hydrogen) atoms. The van der Waals surface area contributed by atoms with Gasteiger partial charge in [0.05, 0.1) is 11.8 Å². The highest BCUT2D eigenvalue weighted by molar-refractivity contribution is 9.11. The van der Waals surface area contributed by atoms with Crippen LogP contribution in [0.15, 0.2) is 27.1 Å². The van der Waals surface area contributed by atoms with Gasteiger partial charge in [0.15, 0.2) is 0 Å². The number of para-hydroxylation sites is 1. The van der Waals surface area contributed by atoms with E-state index in [2.05, 4.69) is 55.9 Å². The van der Waals surface area contributed by atoms with Crippen LogP contribution in [0.2, 0.25) is 0 Å². The summed E-state index contributed by atoms with van der Waals surface area (Å²) in [7, 11) is 0. The van der Waals surface area contributed by atoms with Crippen LogP contribution in [0.3, 0.4) is 0 Å². The molecule has 1 atom stereocenters. The van der Waals surface area contributed by atoms with E-state index < -0.39 is 0 Å². The second-order valence-electron chi connectivity index (χ2n) is 4.12. The third kappa shape index (κ3) is 4.88. The molecule has 2 N–H and O–H groups in total. The molecule has 0 aliphatic carbocycles. The number of nitrogens with zero attached hydrogens (tertiary/aromatic N) is 1. The monoisotopic (exact) mass is 378 g/mol. The van der Waals surface area contributed by atoms with Crippen molar-refractivity contribution in [1.29, 1.82) is 0 Å². The van der Waals surface area contributed by atoms with Crippen molar-refractivity contribution in [3.05, 3.63) is 27.1 Å². The van der Waals surface area contributed by atoms with Crippen molar-refractivity contribution in [2.24, 2.45) is 0 Å². The van der Waals surface area contributed by atoms with E-state index in [1.165, 1.54) is 0 Å². The van der Waals surface area contributed by atoms with Crippen molar-refractivity contribution in [2.75, 3.05) is 31.5 Å². The zero-order chi connectivity index (χ0) is 13.5. The van der Waals surface area contributed by atoms with E-state index in [-0.39, 0.29) is 6.10 Å². The van der Waals surface area contributed by atoms with Crippen LogP contribution in [-0.2, 0) is 0 Å². The summed E-state index contributed by atoms with van der Waals surface area (Å²) < 4.78 is 1.99. The molecule has 0 saturated carbocycles. The molecular formula is C13H20Br2N2O. The molecule has 0 spiro atoms. The molecule has 0 aromatic heterocycles. The summed E-state index contributed by atoms with van der Waals surface area (Å²) in [5.74, 6) is 0. The Balaban J connectivity index is 2.49. The van der Waals surface area contributed by atoms with Gasteiger partial charge in [-0.1, -0.05) is 19.9 Å². The summed E-state index contributed by atoms with van der Waals surface area (Å²) in [6.07, 6.45) is -0.371. The molecule has 0 bridgehead atoms. The van der Waals surface area contributed by atoms with Crippen molar-refractivity contribution < 1.29 is 5.11 Å². The zero-order valence-corrected chi connectivity index (χ0v) is 14.0. The fourth-order valence-corrected chi connectivity index (χ4v) is 3.01. The van der Waals surface area contributed by atoms with Crippen molar-refractivity contribution in [2.45, 2.75) is 20.0 Å². The molecule has 1 unspecified atom stereocenters. The maximum absolute atomic E-state index is 9.99. The molecule has 3 nitrogen and oxygen atoms in total. The average Bonchev–Trinajstić information content (AvgIpc) is 2.35. The first-order valence-electron chi connectivity index (χ1n) is 6.16. The smallest absolute Gasteiger partial charge is 0.0839 e. The van der Waals surface area contributed by atoms with Gasteiger partial charge in [-0.05, 0) is 57.1 Å². The maximum atomic E-state index is 9.99. The number of benzene rings is 1. The van der Waals surface area contributed by atoms with Crippen LogP contribution in [0.25, 0.3) is 0 Å². The topological polar surface area (TPSA) is 35.5 Å². The molecule has 0 aliphatic heterocycles. The van der Waals surface area contributed by atoms with Crippen molar-refractivity contribution in [3.8, 4) is 0 Å². The van der Waals surface area contributed by atoms with Gasteiger partial charge in [-0.25, -0.2) is 0 Å². The van der Waals surface area contributed by atoms with Crippen LogP contribution < -0.4 is 5.32 Å². The maximum Gasteiger partial charge on any atom is 0.0839 e. The van der Waals surface area contributed by atoms with E-state index in [9.17, 15) is 5.11 Å². The number of aliphatic hydroxyl groups is 1. The van der Waals surface area contributed by atoms with Gasteiger partial charge in [-0.15, -0.1) is 0 Å². The lowest BCUT2D eigenvalue weighted by molar-refractivity contribution is 0.128. The van der Waals surface area contributed by atoms with Crippen LogP contribution in [0.1, 0.15) is 13.8 Å². The minimum atomic E-state index is -0.371. The lowest BCUT2D eigenvalue weighted by Gasteiger charge is -2.22. The molecule has 0 radical (unpaired) electrons. The Morgan fingerprint density at radius 1 is 1.22 bits per heavy atom. The van der Waals surface area contributed by atoms with Gasteiger partial charge in [0.1, 0.15) is 0 Å². The van der Waals surface area contributed by atoms with Crippen LogP contribution >= 0.6 is 31.9 Å². The van der Waals surface area contributed by atoms with E-state index in [0.717, 1.165) is 27.7 Å². The first-order valence-corrected chi connectivity index (χ1v) is 7.75. The average molecular weight is 380 g/mol. The van der Waals surface area contributed by atoms with E-state index in [4.69, 9.17) is 0 Å². The second kappa shape index (κ2) is 8.15. The van der Waals surface area contributed by atoms with E-state index in [1.807, 2.05) is 18.2 Å². The summed E-state index contributed by atoms with van der Waals surface area (Å²) in [4.78, 5) is 2.21. The Morgan fingerprint density at radius 3 is 2.28 bits per heavy atom. The standard InChI is InChI=1S/C13H20Br2N2O/c1-3-17(4-2)9-10(18)8-16-13-11(14)6-5-7-12(13)15/h5-7,10,16,18H,3-4,8-9H2,1-2H3. The molecule has 1 aromatic rings. The second-order valence-corrected chi connectivity index (χ2v) is 5.83. The van der Waals surface area contributed by atoms with Crippen molar-refractivity contribution in [3.63, 3.8) is 0 Å². The molecular weight excluding hydrogens is 360 g/mol. The summed E-state index contributed by atoms with van der Waals surface area (Å²) in [6.45, 7) is 7.38. The molecule has 0 heterocycles. The highest BCUT2D eigenvalue weighted by Crippen LogP contribution is 2.30. The molecule has 0 amide bonds. The van der Waals surface area contributed by atoms with Crippen LogP contribution in [0, 0.1) is 0 Å². The number of aliphatic hydroxyl groups excluding tert-OH is 1. The lowest BCUT2D eigenvalue weighted by atomic mass is 10.2. The summed E-state index contributed by atoms with van der Waals surface area (Å²) >= 11 is 6.98. The first-order chi connectivity index (χ1) is 8.58. The van der Waals surface area contributed by atoms with Crippen molar-refractivity contribution >= 4 is 37.5 Å². The number of nitrogens with one attached hydrogen (secondary N) is 1. The van der Waals surface area contributed by atoms with E-state index in [0.29, 0.717) is 13.1 Å². The van der Waals surface area contributed by atoms with E-state index in [1.54, 1.807) is 0 Å². The summed E-state index contributed by atoms with van der Waals surface area (Å²) in [5.41, 5.74) is 0.982. The number of rotatable bonds is 7. The third-order valence-electron chi connectivity index (χ3n) is 2.84. The van der Waals surface area contributed by atoms with E-state index >= 15 is 0 Å². The summed E-state index contributed by atoms with van der Waals surface area (Å²) in [6, 6.07) is 5.92. The molecule has 5 heteroatoms. The molecule has 0 fully saturated rings. The number of hydrogen-bond donors (Lipinski definition) is 2. The Morgan fingerprint density at radius 2 is 1.78 bits per heavy atom. The Hall–Kier alpha value is -0.100. The fraction of sp³-hybridized carbons (Fsp3) is 0.538. The van der Waals surface area contributed by atoms with Crippen molar-refractivity contribution in [1.82, 2.24) is 4.90 Å². The Labute approximate surface area is 126 Å². The zero-order valence-electron chi connectivity index (χ0n) is 10.8. The minimum absolute atomic E-state index is 0.371. The van der Waals surface area contributed by atoms with Crippen LogP contribution in [0.5, 0.6) is 0 Å². The third-order valence-corrected chi connectivity index (χ3v) is 4.16. The number of hydrogen-bond acceptors (Lipinski definition) is 3. The van der Waals surface area contributed by atoms with Gasteiger partial charge in [0, 0.05) is 22.0 Å². The fourth-order valence-electron chi connectivity index (χ4n) is 1.73. The SMILES string of the molecule is CCN(CC)CC(O)CNc1c(Br)cccc1Br. The normalized spacial score (nSPS) is 12.8. The predicted octanol–water partition coefficient (Wildman–Crippen LogP) is 3.33. The molecule has 1 rings (SSSR count). The van der Waals surface area contributed by atoms with Crippen LogP contribution in [-0.4, -0.2) is 42.3 Å². The first kappa shape index (κ1) is 16.0. The number of halogens is 2. The van der Waals surface area contributed by atoms with Gasteiger partial charge in [0.25, 0.3) is 0 Å². The number of likely N-dealkylation sites (N-methyl/N-ethyl adjacent to an activating group) is 1. The highest BCUT2D eigenvalue weighted by atomic mass is 79.9. The number of anilines is 1. The quantitative estimate of drug-likeness (QED) is 0.762. The predicted molar refractivity (Wildman–Crippen MR) is 84.1 cm³/mol. The lowest BCUT2D eigenvalue weighted by Crippen LogP contribution is -2.36. The highest BCUT2D eigenvalue weighted by Gasteiger charge is 2.10. The van der Waals surface area contributed by atoms with Crippen LogP contribution in [0.4, 0.5) is 5.69 Å². The van der Waals surface area contributed by atoms with Gasteiger partial charge in [-0.3, -0.25) is 0 Å². The molecule has 102 valence electrons. The molecule has 0 aliphatic rings. The Kier molecular flexibility index (Phi) is 7.22. The summed E-state index contributed by atoms with van der Waals surface area (Å²) in [5, 5.41) is 13.3. The van der Waals surface area contributed by atoms with Gasteiger partial charge >= 0.3 is 0 Å². The molecule has 0 saturated heterocycles. The van der Waals surface area contributed by atoms with Gasteiger partial charge in [0.2, 0.25) is 0 Å². The van der Waals surface area contributed by atoms with Gasteiger partial charge < -0.3 is 15.3 Å². The Bertz CT molecular complexity index is 350.